The molecule has 1 aliphatic heterocycles. The van der Waals surface area contributed by atoms with Crippen LogP contribution in [-0.2, 0) is 19.7 Å². The van der Waals surface area contributed by atoms with Gasteiger partial charge in [-0.2, -0.15) is 0 Å². The SMILES string of the molecule is O=C(Nc1ccc(F)c(F)c1)c1ccc(S(=O)(=O)[C@@H]2CCS(=O)(=O)C2)cc1. The van der Waals surface area contributed by atoms with E-state index >= 15 is 0 Å². The quantitative estimate of drug-likeness (QED) is 0.826. The molecular weight excluding hydrogens is 400 g/mol. The molecule has 1 heterocycles. The average Bonchev–Trinajstić information content (AvgIpc) is 2.99. The number of hydrogen-bond donors (Lipinski definition) is 1. The minimum absolute atomic E-state index is 0.0447. The largest absolute Gasteiger partial charge is 0.322 e. The number of sulfone groups is 2. The molecule has 2 aromatic carbocycles. The molecule has 27 heavy (non-hydrogen) atoms. The van der Waals surface area contributed by atoms with Gasteiger partial charge in [0, 0.05) is 17.3 Å². The summed E-state index contributed by atoms with van der Waals surface area (Å²) in [6.07, 6.45) is 0.0447. The van der Waals surface area contributed by atoms with Crippen molar-refractivity contribution >= 4 is 31.3 Å². The zero-order chi connectivity index (χ0) is 19.8. The summed E-state index contributed by atoms with van der Waals surface area (Å²) in [7, 11) is -7.17. The number of anilines is 1. The van der Waals surface area contributed by atoms with E-state index in [9.17, 15) is 30.4 Å². The maximum absolute atomic E-state index is 13.2. The van der Waals surface area contributed by atoms with Gasteiger partial charge in [-0.3, -0.25) is 4.79 Å². The van der Waals surface area contributed by atoms with E-state index in [1.54, 1.807) is 0 Å². The summed E-state index contributed by atoms with van der Waals surface area (Å²) in [5, 5.41) is 1.38. The maximum atomic E-state index is 13.2. The first-order valence-electron chi connectivity index (χ1n) is 7.89. The minimum Gasteiger partial charge on any atom is -0.322 e. The van der Waals surface area contributed by atoms with Gasteiger partial charge < -0.3 is 5.32 Å². The second kappa shape index (κ2) is 7.01. The van der Waals surface area contributed by atoms with Gasteiger partial charge in [-0.05, 0) is 42.8 Å². The van der Waals surface area contributed by atoms with E-state index in [1.807, 2.05) is 0 Å². The predicted octanol–water partition coefficient (Wildman–Crippen LogP) is 2.18. The number of halogens is 2. The van der Waals surface area contributed by atoms with Crippen LogP contribution in [-0.4, -0.2) is 39.5 Å². The Morgan fingerprint density at radius 3 is 2.26 bits per heavy atom. The Labute approximate surface area is 155 Å². The molecule has 0 aliphatic carbocycles. The van der Waals surface area contributed by atoms with Crippen LogP contribution in [0, 0.1) is 11.6 Å². The molecule has 0 saturated carbocycles. The third-order valence-corrected chi connectivity index (χ3v) is 8.44. The molecule has 1 fully saturated rings. The molecule has 6 nitrogen and oxygen atoms in total. The van der Waals surface area contributed by atoms with E-state index in [4.69, 9.17) is 0 Å². The van der Waals surface area contributed by atoms with Gasteiger partial charge in [0.1, 0.15) is 0 Å². The molecular formula is C17H15F2NO5S2. The van der Waals surface area contributed by atoms with Crippen LogP contribution in [0.3, 0.4) is 0 Å². The Morgan fingerprint density at radius 2 is 1.70 bits per heavy atom. The van der Waals surface area contributed by atoms with Crippen LogP contribution < -0.4 is 5.32 Å². The van der Waals surface area contributed by atoms with Gasteiger partial charge in [0.2, 0.25) is 0 Å². The van der Waals surface area contributed by atoms with Crippen molar-refractivity contribution in [1.82, 2.24) is 0 Å². The Morgan fingerprint density at radius 1 is 1.04 bits per heavy atom. The molecule has 1 saturated heterocycles. The van der Waals surface area contributed by atoms with Crippen molar-refractivity contribution in [3.63, 3.8) is 0 Å². The van der Waals surface area contributed by atoms with Gasteiger partial charge in [0.05, 0.1) is 21.7 Å². The van der Waals surface area contributed by atoms with Crippen LogP contribution in [0.1, 0.15) is 16.8 Å². The van der Waals surface area contributed by atoms with Crippen LogP contribution >= 0.6 is 0 Å². The highest BCUT2D eigenvalue weighted by Gasteiger charge is 2.37. The zero-order valence-electron chi connectivity index (χ0n) is 13.9. The molecule has 1 aliphatic rings. The highest BCUT2D eigenvalue weighted by molar-refractivity contribution is 7.96. The number of carbonyl (C=O) groups excluding carboxylic acids is 1. The minimum atomic E-state index is -3.82. The van der Waals surface area contributed by atoms with Crippen molar-refractivity contribution in [3.05, 3.63) is 59.7 Å². The van der Waals surface area contributed by atoms with Gasteiger partial charge in [0.25, 0.3) is 5.91 Å². The van der Waals surface area contributed by atoms with E-state index in [-0.39, 0.29) is 28.3 Å². The van der Waals surface area contributed by atoms with Gasteiger partial charge in [-0.25, -0.2) is 25.6 Å². The normalized spacial score (nSPS) is 19.0. The Kier molecular flexibility index (Phi) is 5.04. The molecule has 0 aromatic heterocycles. The maximum Gasteiger partial charge on any atom is 0.255 e. The number of carbonyl (C=O) groups is 1. The number of amides is 1. The first-order chi connectivity index (χ1) is 12.6. The second-order valence-corrected chi connectivity index (χ2v) is 10.6. The molecule has 2 aromatic rings. The summed E-state index contributed by atoms with van der Waals surface area (Å²) in [6, 6.07) is 7.87. The molecule has 0 bridgehead atoms. The summed E-state index contributed by atoms with van der Waals surface area (Å²) in [5.74, 6) is -3.36. The molecule has 1 N–H and O–H groups in total. The average molecular weight is 415 g/mol. The van der Waals surface area contributed by atoms with Crippen LogP contribution in [0.15, 0.2) is 47.4 Å². The third-order valence-electron chi connectivity index (χ3n) is 4.25. The monoisotopic (exact) mass is 415 g/mol. The fourth-order valence-corrected chi connectivity index (χ4v) is 7.13. The fourth-order valence-electron chi connectivity index (χ4n) is 2.77. The van der Waals surface area contributed by atoms with Crippen molar-refractivity contribution in [2.45, 2.75) is 16.6 Å². The van der Waals surface area contributed by atoms with E-state index in [0.29, 0.717) is 0 Å². The standard InChI is InChI=1S/C17H15F2NO5S2/c18-15-6-3-12(9-16(15)19)20-17(21)11-1-4-13(5-2-11)27(24,25)14-7-8-26(22,23)10-14/h1-6,9,14H,7-8,10H2,(H,20,21)/t14-/m1/s1. The molecule has 10 heteroatoms. The van der Waals surface area contributed by atoms with Gasteiger partial charge in [-0.1, -0.05) is 0 Å². The van der Waals surface area contributed by atoms with Crippen molar-refractivity contribution in [1.29, 1.82) is 0 Å². The first kappa shape index (κ1) is 19.4. The highest BCUT2D eigenvalue weighted by atomic mass is 32.2. The molecule has 0 spiro atoms. The van der Waals surface area contributed by atoms with Crippen molar-refractivity contribution < 1.29 is 30.4 Å². The number of rotatable bonds is 4. The summed E-state index contributed by atoms with van der Waals surface area (Å²) in [4.78, 5) is 12.1. The zero-order valence-corrected chi connectivity index (χ0v) is 15.5. The number of benzene rings is 2. The topological polar surface area (TPSA) is 97.4 Å². The lowest BCUT2D eigenvalue weighted by molar-refractivity contribution is 0.102. The Hall–Kier alpha value is -2.33. The van der Waals surface area contributed by atoms with E-state index < -0.39 is 48.2 Å². The van der Waals surface area contributed by atoms with Crippen molar-refractivity contribution in [2.75, 3.05) is 16.8 Å². The van der Waals surface area contributed by atoms with Gasteiger partial charge >= 0.3 is 0 Å². The van der Waals surface area contributed by atoms with E-state index in [2.05, 4.69) is 5.32 Å². The smallest absolute Gasteiger partial charge is 0.255 e. The molecule has 144 valence electrons. The van der Waals surface area contributed by atoms with E-state index in [0.717, 1.165) is 12.1 Å². The highest BCUT2D eigenvalue weighted by Crippen LogP contribution is 2.25. The molecule has 1 atom stereocenters. The van der Waals surface area contributed by atoms with Crippen molar-refractivity contribution in [2.24, 2.45) is 0 Å². The summed E-state index contributed by atoms with van der Waals surface area (Å²) < 4.78 is 74.2. The summed E-state index contributed by atoms with van der Waals surface area (Å²) in [5.41, 5.74) is 0.157. The fraction of sp³-hybridized carbons (Fsp3) is 0.235. The van der Waals surface area contributed by atoms with E-state index in [1.165, 1.54) is 30.3 Å². The van der Waals surface area contributed by atoms with Crippen molar-refractivity contribution in [3.8, 4) is 0 Å². The summed E-state index contributed by atoms with van der Waals surface area (Å²) >= 11 is 0. The van der Waals surface area contributed by atoms with Gasteiger partial charge in [-0.15, -0.1) is 0 Å². The lowest BCUT2D eigenvalue weighted by atomic mass is 10.2. The lowest BCUT2D eigenvalue weighted by Gasteiger charge is -2.11. The molecule has 0 radical (unpaired) electrons. The number of nitrogens with one attached hydrogen (secondary N) is 1. The van der Waals surface area contributed by atoms with Gasteiger partial charge in [0.15, 0.2) is 31.3 Å². The van der Waals surface area contributed by atoms with Crippen LogP contribution in [0.25, 0.3) is 0 Å². The van der Waals surface area contributed by atoms with Crippen LogP contribution in [0.4, 0.5) is 14.5 Å². The lowest BCUT2D eigenvalue weighted by Crippen LogP contribution is -2.22. The predicted molar refractivity (Wildman–Crippen MR) is 95.0 cm³/mol. The molecule has 1 amide bonds. The third kappa shape index (κ3) is 4.16. The number of hydrogen-bond acceptors (Lipinski definition) is 5. The molecule has 3 rings (SSSR count). The Balaban J connectivity index is 1.76. The first-order valence-corrected chi connectivity index (χ1v) is 11.3. The second-order valence-electron chi connectivity index (χ2n) is 6.18. The molecule has 0 unspecified atom stereocenters. The summed E-state index contributed by atoms with van der Waals surface area (Å²) in [6.45, 7) is 0. The Bertz CT molecular complexity index is 1100. The van der Waals surface area contributed by atoms with Crippen LogP contribution in [0.5, 0.6) is 0 Å². The van der Waals surface area contributed by atoms with Crippen LogP contribution in [0.2, 0.25) is 0 Å².